The predicted molar refractivity (Wildman–Crippen MR) is 47.0 cm³/mol. The van der Waals surface area contributed by atoms with E-state index in [2.05, 4.69) is 4.74 Å². The van der Waals surface area contributed by atoms with Gasteiger partial charge in [0.1, 0.15) is 12.5 Å². The molecule has 0 aromatic rings. The number of rotatable bonds is 2. The van der Waals surface area contributed by atoms with Gasteiger partial charge in [-0.15, -0.1) is 0 Å². The summed E-state index contributed by atoms with van der Waals surface area (Å²) in [7, 11) is 1.30. The summed E-state index contributed by atoms with van der Waals surface area (Å²) in [4.78, 5) is 24.0. The van der Waals surface area contributed by atoms with Gasteiger partial charge < -0.3 is 9.64 Å². The zero-order valence-corrected chi connectivity index (χ0v) is 8.02. The number of nitrogens with zero attached hydrogens (tertiary/aromatic N) is 2. The highest BCUT2D eigenvalue weighted by molar-refractivity contribution is 5.86. The van der Waals surface area contributed by atoms with E-state index in [1.807, 2.05) is 0 Å². The number of ether oxygens (including phenoxy) is 1. The largest absolute Gasteiger partial charge is 0.467 e. The second-order valence-corrected chi connectivity index (χ2v) is 3.10. The van der Waals surface area contributed by atoms with Gasteiger partial charge in [-0.3, -0.25) is 4.79 Å². The molecule has 1 aliphatic rings. The van der Waals surface area contributed by atoms with Gasteiger partial charge in [-0.1, -0.05) is 0 Å². The third kappa shape index (κ3) is 2.02. The Morgan fingerprint density at radius 2 is 2.36 bits per heavy atom. The van der Waals surface area contributed by atoms with Crippen LogP contribution in [0, 0.1) is 11.3 Å². The first-order chi connectivity index (χ1) is 6.70. The van der Waals surface area contributed by atoms with Crippen molar-refractivity contribution in [3.8, 4) is 6.07 Å². The monoisotopic (exact) mass is 196 g/mol. The van der Waals surface area contributed by atoms with Crippen molar-refractivity contribution in [2.75, 3.05) is 13.7 Å². The number of carbonyl (C=O) groups excluding carboxylic acids is 2. The fraction of sp³-hybridized carbons (Fsp3) is 0.667. The second-order valence-electron chi connectivity index (χ2n) is 3.10. The molecule has 1 amide bonds. The Morgan fingerprint density at radius 3 is 2.93 bits per heavy atom. The summed E-state index contributed by atoms with van der Waals surface area (Å²) in [5.41, 5.74) is 0. The van der Waals surface area contributed by atoms with Gasteiger partial charge in [0.2, 0.25) is 5.91 Å². The molecule has 1 fully saturated rings. The Kier molecular flexibility index (Phi) is 3.46. The minimum atomic E-state index is -0.485. The molecular formula is C9H12N2O3. The molecule has 76 valence electrons. The molecule has 0 N–H and O–H groups in total. The molecule has 1 atom stereocenters. The van der Waals surface area contributed by atoms with Crippen LogP contribution < -0.4 is 0 Å². The maximum absolute atomic E-state index is 11.4. The van der Waals surface area contributed by atoms with Crippen molar-refractivity contribution in [1.82, 2.24) is 4.90 Å². The van der Waals surface area contributed by atoms with E-state index in [9.17, 15) is 9.59 Å². The molecule has 5 nitrogen and oxygen atoms in total. The fourth-order valence-corrected chi connectivity index (χ4v) is 1.62. The van der Waals surface area contributed by atoms with Gasteiger partial charge in [-0.25, -0.2) is 4.79 Å². The highest BCUT2D eigenvalue weighted by Crippen LogP contribution is 2.18. The number of amides is 1. The summed E-state index contributed by atoms with van der Waals surface area (Å²) < 4.78 is 4.58. The number of methoxy groups -OCH3 is 1. The van der Waals surface area contributed by atoms with Crippen LogP contribution in [0.25, 0.3) is 0 Å². The standard InChI is InChI=1S/C9H12N2O3/c1-14-9(13)7-3-2-6-11(7)8(12)4-5-10/h7H,2-4,6H2,1H3. The Morgan fingerprint density at radius 1 is 1.64 bits per heavy atom. The van der Waals surface area contributed by atoms with E-state index in [1.54, 1.807) is 6.07 Å². The average molecular weight is 196 g/mol. The van der Waals surface area contributed by atoms with Gasteiger partial charge in [-0.05, 0) is 12.8 Å². The number of hydrogen-bond acceptors (Lipinski definition) is 4. The molecule has 0 spiro atoms. The van der Waals surface area contributed by atoms with Crippen LogP contribution in [0.5, 0.6) is 0 Å². The molecule has 1 saturated heterocycles. The average Bonchev–Trinajstić information content (AvgIpc) is 2.65. The predicted octanol–water partition coefficient (Wildman–Crippen LogP) is 0.0641. The molecule has 0 aromatic carbocycles. The number of likely N-dealkylation sites (tertiary alicyclic amines) is 1. The molecule has 1 heterocycles. The summed E-state index contributed by atoms with van der Waals surface area (Å²) >= 11 is 0. The topological polar surface area (TPSA) is 70.4 Å². The number of hydrogen-bond donors (Lipinski definition) is 0. The number of carbonyl (C=O) groups is 2. The van der Waals surface area contributed by atoms with Crippen LogP contribution in [0.2, 0.25) is 0 Å². The van der Waals surface area contributed by atoms with Gasteiger partial charge in [0.25, 0.3) is 0 Å². The number of nitriles is 1. The van der Waals surface area contributed by atoms with Crippen molar-refractivity contribution in [2.45, 2.75) is 25.3 Å². The first-order valence-electron chi connectivity index (χ1n) is 4.45. The van der Waals surface area contributed by atoms with Crippen LogP contribution in [0.4, 0.5) is 0 Å². The minimum Gasteiger partial charge on any atom is -0.467 e. The molecule has 0 radical (unpaired) electrons. The van der Waals surface area contributed by atoms with Crippen molar-refractivity contribution in [3.05, 3.63) is 0 Å². The van der Waals surface area contributed by atoms with Crippen molar-refractivity contribution >= 4 is 11.9 Å². The van der Waals surface area contributed by atoms with Gasteiger partial charge >= 0.3 is 5.97 Å². The molecule has 1 unspecified atom stereocenters. The Labute approximate surface area is 82.2 Å². The summed E-state index contributed by atoms with van der Waals surface area (Å²) in [5, 5.41) is 8.37. The van der Waals surface area contributed by atoms with Gasteiger partial charge in [-0.2, -0.15) is 5.26 Å². The van der Waals surface area contributed by atoms with Crippen LogP contribution in [-0.2, 0) is 14.3 Å². The summed E-state index contributed by atoms with van der Waals surface area (Å²) in [6.07, 6.45) is 1.24. The molecule has 5 heteroatoms. The lowest BCUT2D eigenvalue weighted by Crippen LogP contribution is -2.40. The molecule has 0 aromatic heterocycles. The second kappa shape index (κ2) is 4.61. The smallest absolute Gasteiger partial charge is 0.328 e. The number of esters is 1. The Balaban J connectivity index is 2.64. The third-order valence-electron chi connectivity index (χ3n) is 2.28. The maximum atomic E-state index is 11.4. The Bertz CT molecular complexity index is 282. The zero-order chi connectivity index (χ0) is 10.6. The minimum absolute atomic E-state index is 0.173. The van der Waals surface area contributed by atoms with Crippen LogP contribution in [0.3, 0.4) is 0 Å². The molecule has 0 bridgehead atoms. The van der Waals surface area contributed by atoms with Crippen molar-refractivity contribution in [2.24, 2.45) is 0 Å². The van der Waals surface area contributed by atoms with Crippen molar-refractivity contribution in [1.29, 1.82) is 5.26 Å². The third-order valence-corrected chi connectivity index (χ3v) is 2.28. The lowest BCUT2D eigenvalue weighted by molar-refractivity contribution is -0.150. The fourth-order valence-electron chi connectivity index (χ4n) is 1.62. The van der Waals surface area contributed by atoms with E-state index in [0.29, 0.717) is 13.0 Å². The van der Waals surface area contributed by atoms with Crippen LogP contribution >= 0.6 is 0 Å². The SMILES string of the molecule is COC(=O)C1CCCN1C(=O)CC#N. The van der Waals surface area contributed by atoms with E-state index in [0.717, 1.165) is 6.42 Å². The first kappa shape index (κ1) is 10.5. The van der Waals surface area contributed by atoms with Crippen molar-refractivity contribution < 1.29 is 14.3 Å². The first-order valence-corrected chi connectivity index (χ1v) is 4.45. The Hall–Kier alpha value is -1.57. The van der Waals surface area contributed by atoms with Crippen LogP contribution in [0.1, 0.15) is 19.3 Å². The molecule has 14 heavy (non-hydrogen) atoms. The van der Waals surface area contributed by atoms with Crippen LogP contribution in [0.15, 0.2) is 0 Å². The van der Waals surface area contributed by atoms with E-state index in [1.165, 1.54) is 12.0 Å². The van der Waals surface area contributed by atoms with E-state index in [-0.39, 0.29) is 12.3 Å². The van der Waals surface area contributed by atoms with Gasteiger partial charge in [0, 0.05) is 6.54 Å². The van der Waals surface area contributed by atoms with Gasteiger partial charge in [0.15, 0.2) is 0 Å². The molecule has 1 aliphatic heterocycles. The molecule has 0 saturated carbocycles. The summed E-state index contributed by atoms with van der Waals surface area (Å²) in [6, 6.07) is 1.29. The maximum Gasteiger partial charge on any atom is 0.328 e. The summed E-state index contributed by atoms with van der Waals surface area (Å²) in [5.74, 6) is -0.686. The normalized spacial score (nSPS) is 20.3. The molecular weight excluding hydrogens is 184 g/mol. The van der Waals surface area contributed by atoms with Crippen LogP contribution in [-0.4, -0.2) is 36.5 Å². The lowest BCUT2D eigenvalue weighted by atomic mass is 10.2. The molecule has 1 rings (SSSR count). The zero-order valence-electron chi connectivity index (χ0n) is 8.02. The molecule has 0 aliphatic carbocycles. The van der Waals surface area contributed by atoms with E-state index in [4.69, 9.17) is 5.26 Å². The summed E-state index contributed by atoms with van der Waals surface area (Å²) in [6.45, 7) is 0.542. The van der Waals surface area contributed by atoms with Gasteiger partial charge in [0.05, 0.1) is 13.2 Å². The lowest BCUT2D eigenvalue weighted by Gasteiger charge is -2.21. The van der Waals surface area contributed by atoms with E-state index >= 15 is 0 Å². The highest BCUT2D eigenvalue weighted by Gasteiger charge is 2.34. The highest BCUT2D eigenvalue weighted by atomic mass is 16.5. The quantitative estimate of drug-likeness (QED) is 0.586. The van der Waals surface area contributed by atoms with Crippen molar-refractivity contribution in [3.63, 3.8) is 0 Å². The van der Waals surface area contributed by atoms with E-state index < -0.39 is 12.0 Å².